The number of hydrogen-bond acceptors (Lipinski definition) is 0. The summed E-state index contributed by atoms with van der Waals surface area (Å²) in [6.07, 6.45) is 0. The highest BCUT2D eigenvalue weighted by atomic mass is 31.1. The van der Waals surface area contributed by atoms with Crippen LogP contribution >= 0.6 is 7.92 Å². The van der Waals surface area contributed by atoms with Crippen LogP contribution in [0.5, 0.6) is 0 Å². The van der Waals surface area contributed by atoms with Crippen LogP contribution in [0.3, 0.4) is 0 Å². The monoisotopic (exact) mass is 164 g/mol. The fourth-order valence-corrected chi connectivity index (χ4v) is 0. The van der Waals surface area contributed by atoms with Gasteiger partial charge in [-0.25, -0.2) is 0 Å². The summed E-state index contributed by atoms with van der Waals surface area (Å²) in [6.45, 7) is 6.81. The Kier molecular flexibility index (Phi) is 19.8. The van der Waals surface area contributed by atoms with Gasteiger partial charge in [0.25, 0.3) is 0 Å². The van der Waals surface area contributed by atoms with Gasteiger partial charge in [0.15, 0.2) is 0 Å². The van der Waals surface area contributed by atoms with Crippen molar-refractivity contribution in [2.24, 2.45) is 0 Å². The zero-order valence-corrected chi connectivity index (χ0v) is 6.59. The first-order chi connectivity index (χ1) is 3.46. The van der Waals surface area contributed by atoms with E-state index in [4.69, 9.17) is 0 Å². The molecule has 9 heavy (non-hydrogen) atoms. The zero-order chi connectivity index (χ0) is 7.15. The van der Waals surface area contributed by atoms with E-state index in [1.165, 1.54) is 0 Å². The number of rotatable bonds is 0. The van der Waals surface area contributed by atoms with Crippen LogP contribution < -0.4 is 4.70 Å². The summed E-state index contributed by atoms with van der Waals surface area (Å²) in [6, 6.07) is 0. The summed E-state index contributed by atoms with van der Waals surface area (Å²) in [5.74, 6) is 0. The lowest BCUT2D eigenvalue weighted by molar-refractivity contribution is -0.00000474. The highest BCUT2D eigenvalue weighted by Crippen LogP contribution is 2.14. The van der Waals surface area contributed by atoms with Crippen LogP contribution in [-0.4, -0.2) is 27.5 Å². The maximum atomic E-state index is 9.67. The summed E-state index contributed by atoms with van der Waals surface area (Å²) < 4.78 is 29.0. The van der Waals surface area contributed by atoms with Gasteiger partial charge in [-0.3, -0.25) is 12.9 Å². The lowest BCUT2D eigenvalue weighted by Gasteiger charge is -1.71. The van der Waals surface area contributed by atoms with Crippen molar-refractivity contribution in [1.82, 2.24) is 0 Å². The van der Waals surface area contributed by atoms with Gasteiger partial charge in [-0.2, -0.15) is 0 Å². The minimum Gasteiger partial charge on any atom is -1.00 e. The molecule has 0 amide bonds. The van der Waals surface area contributed by atoms with E-state index in [2.05, 4.69) is 20.0 Å². The third-order valence-corrected chi connectivity index (χ3v) is 0. The molecule has 0 bridgehead atoms. The van der Waals surface area contributed by atoms with E-state index in [9.17, 15) is 12.9 Å². The normalized spacial score (nSPS) is 7.00. The van der Waals surface area contributed by atoms with Crippen LogP contribution in [0.15, 0.2) is 0 Å². The predicted octanol–water partition coefficient (Wildman–Crippen LogP) is -1.03. The average molecular weight is 164 g/mol. The van der Waals surface area contributed by atoms with Crippen LogP contribution in [0.4, 0.5) is 12.9 Å². The van der Waals surface area contributed by atoms with Crippen molar-refractivity contribution in [3.05, 3.63) is 0 Å². The summed E-state index contributed by atoms with van der Waals surface area (Å²) in [5, 5.41) is 0. The molecule has 0 aromatic rings. The zero-order valence-electron chi connectivity index (χ0n) is 5.59. The molecule has 0 radical (unpaired) electrons. The van der Waals surface area contributed by atoms with Gasteiger partial charge in [-0.15, -0.1) is 0 Å². The van der Waals surface area contributed by atoms with Gasteiger partial charge in [0.1, 0.15) is 0 Å². The molecular weight excluding hydrogens is 154 g/mol. The molecule has 0 saturated carbocycles. The quantitative estimate of drug-likeness (QED) is 0.244. The Morgan fingerprint density at radius 3 is 1.00 bits per heavy atom. The fourth-order valence-electron chi connectivity index (χ4n) is 0. The second kappa shape index (κ2) is 11.1. The Morgan fingerprint density at radius 1 is 1.00 bits per heavy atom. The van der Waals surface area contributed by atoms with Crippen molar-refractivity contribution in [3.8, 4) is 0 Å². The molecule has 0 nitrogen and oxygen atoms in total. The van der Waals surface area contributed by atoms with E-state index in [0.717, 1.165) is 0 Å². The molecule has 0 unspecified atom stereocenters. The molecule has 0 aliphatic rings. The predicted molar refractivity (Wildman–Crippen MR) is 35.2 cm³/mol. The van der Waals surface area contributed by atoms with E-state index in [-0.39, 0.29) is 12.6 Å². The molecule has 6 heteroatoms. The fraction of sp³-hybridized carbons (Fsp3) is 1.00. The third-order valence-electron chi connectivity index (χ3n) is 0. The summed E-state index contributed by atoms with van der Waals surface area (Å²) in [7, 11) is -3.55. The van der Waals surface area contributed by atoms with Gasteiger partial charge in [0.05, 0.1) is 0 Å². The van der Waals surface area contributed by atoms with Crippen LogP contribution in [0.25, 0.3) is 0 Å². The largest absolute Gasteiger partial charge is 1.00 e. The minimum absolute atomic E-state index is 0. The Morgan fingerprint density at radius 2 is 1.00 bits per heavy atom. The van der Waals surface area contributed by atoms with Gasteiger partial charge < -0.3 is 4.70 Å². The first-order valence-electron chi connectivity index (χ1n) is 2.15. The first-order valence-corrected chi connectivity index (χ1v) is 5.15. The van der Waals surface area contributed by atoms with Gasteiger partial charge >= 0.3 is 7.54 Å². The topological polar surface area (TPSA) is 0 Å². The second-order valence-corrected chi connectivity index (χ2v) is 4.75. The molecule has 0 fully saturated rings. The van der Waals surface area contributed by atoms with Crippen LogP contribution in [-0.2, 0) is 0 Å². The van der Waals surface area contributed by atoms with Crippen molar-refractivity contribution in [2.45, 2.75) is 0 Å². The van der Waals surface area contributed by atoms with Crippen molar-refractivity contribution in [2.75, 3.05) is 20.0 Å². The maximum Gasteiger partial charge on any atom is 0.762 e. The van der Waals surface area contributed by atoms with Crippen LogP contribution in [0, 0.1) is 0 Å². The van der Waals surface area contributed by atoms with Crippen molar-refractivity contribution in [1.29, 1.82) is 0 Å². The molecule has 0 saturated heterocycles. The lowest BCUT2D eigenvalue weighted by Crippen LogP contribution is -3.00. The van der Waals surface area contributed by atoms with Crippen LogP contribution in [0.2, 0.25) is 0 Å². The number of hydrogen-bond donors (Lipinski definition) is 0. The number of halogens is 4. The molecule has 0 aliphatic carbocycles. The molecule has 0 atom stereocenters. The van der Waals surface area contributed by atoms with E-state index < -0.39 is 7.54 Å². The standard InChI is InChI=1S/C3H9P.BF3.FH/c1-4(2)3;2-1(3)4;/h1-3H3;;1H. The molecule has 0 aromatic carbocycles. The maximum absolute atomic E-state index is 9.67. The van der Waals surface area contributed by atoms with E-state index >= 15 is 0 Å². The Balaban J connectivity index is -0.0000000720. The molecule has 0 aliphatic heterocycles. The van der Waals surface area contributed by atoms with Gasteiger partial charge in [-0.05, 0) is 7.92 Å². The van der Waals surface area contributed by atoms with Gasteiger partial charge in [-0.1, -0.05) is 0 Å². The molecule has 0 heterocycles. The molecule has 0 aromatic heterocycles. The van der Waals surface area contributed by atoms with E-state index in [1.54, 1.807) is 0 Å². The molecule has 58 valence electrons. The molecule has 0 rings (SSSR count). The van der Waals surface area contributed by atoms with E-state index in [1.807, 2.05) is 0 Å². The summed E-state index contributed by atoms with van der Waals surface area (Å²) >= 11 is 0. The third kappa shape index (κ3) is 6870. The molecule has 0 spiro atoms. The van der Waals surface area contributed by atoms with E-state index in [0.29, 0.717) is 0 Å². The van der Waals surface area contributed by atoms with Crippen LogP contribution in [0.1, 0.15) is 0 Å². The van der Waals surface area contributed by atoms with Gasteiger partial charge in [0.2, 0.25) is 0 Å². The summed E-state index contributed by atoms with van der Waals surface area (Å²) in [5.41, 5.74) is 0. The molecule has 0 N–H and O–H groups in total. The smallest absolute Gasteiger partial charge is 0.762 e. The minimum atomic E-state index is -3.67. The van der Waals surface area contributed by atoms with Crippen molar-refractivity contribution >= 4 is 15.5 Å². The van der Waals surface area contributed by atoms with Gasteiger partial charge in [0, 0.05) is 20.0 Å². The SMILES string of the molecule is C[PH+](C)C.FB(F)F.[F-]. The highest BCUT2D eigenvalue weighted by molar-refractivity contribution is 7.55. The lowest BCUT2D eigenvalue weighted by atomic mass is 10.5. The average Bonchev–Trinajstić information content (AvgIpc) is 1.25. The van der Waals surface area contributed by atoms with Crippen molar-refractivity contribution < 1.29 is 17.7 Å². The highest BCUT2D eigenvalue weighted by Gasteiger charge is 2.06. The first kappa shape index (κ1) is 16.1. The second-order valence-electron chi connectivity index (χ2n) is 1.75. The molecular formula is C3H10BF4P. The Labute approximate surface area is 54.2 Å². The Hall–Kier alpha value is 0.215. The summed E-state index contributed by atoms with van der Waals surface area (Å²) in [4.78, 5) is 0. The van der Waals surface area contributed by atoms with Crippen molar-refractivity contribution in [3.63, 3.8) is 0 Å². The Bertz CT molecular complexity index is 31.3.